The minimum absolute atomic E-state index is 0.00119. The molecule has 2 unspecified atom stereocenters. The van der Waals surface area contributed by atoms with Gasteiger partial charge in [-0.1, -0.05) is 17.7 Å². The van der Waals surface area contributed by atoms with Gasteiger partial charge in [0.2, 0.25) is 5.91 Å². The van der Waals surface area contributed by atoms with Crippen molar-refractivity contribution in [2.24, 2.45) is 5.92 Å². The largest absolute Gasteiger partial charge is 0.391 e. The average molecular weight is 314 g/mol. The van der Waals surface area contributed by atoms with Crippen LogP contribution in [-0.2, 0) is 11.2 Å². The van der Waals surface area contributed by atoms with Crippen molar-refractivity contribution in [3.05, 3.63) is 38.9 Å². The molecule has 0 saturated carbocycles. The number of nitro benzene ring substituents is 1. The number of non-ortho nitro benzene ring substituents is 1. The fourth-order valence-corrected chi connectivity index (χ4v) is 2.44. The van der Waals surface area contributed by atoms with E-state index in [0.717, 1.165) is 0 Å². The van der Waals surface area contributed by atoms with E-state index >= 15 is 0 Å². The molecule has 1 fully saturated rings. The maximum Gasteiger partial charge on any atom is 0.270 e. The van der Waals surface area contributed by atoms with Crippen LogP contribution in [0.2, 0.25) is 5.02 Å². The molecular formula is C13H16ClN3O4. The van der Waals surface area contributed by atoms with E-state index < -0.39 is 11.0 Å². The van der Waals surface area contributed by atoms with Crippen molar-refractivity contribution in [1.29, 1.82) is 0 Å². The van der Waals surface area contributed by atoms with Gasteiger partial charge < -0.3 is 15.7 Å². The van der Waals surface area contributed by atoms with Crippen molar-refractivity contribution in [3.8, 4) is 0 Å². The Morgan fingerprint density at radius 1 is 1.52 bits per heavy atom. The molecular weight excluding hydrogens is 298 g/mol. The maximum atomic E-state index is 11.8. The minimum atomic E-state index is -0.537. The molecule has 1 aromatic rings. The molecule has 1 aliphatic rings. The molecule has 0 radical (unpaired) electrons. The molecule has 1 heterocycles. The molecule has 2 atom stereocenters. The number of hydrogen-bond donors (Lipinski definition) is 3. The number of hydrogen-bond acceptors (Lipinski definition) is 5. The van der Waals surface area contributed by atoms with Gasteiger partial charge in [-0.2, -0.15) is 0 Å². The Hall–Kier alpha value is -1.70. The second kappa shape index (κ2) is 6.84. The molecule has 1 saturated heterocycles. The van der Waals surface area contributed by atoms with Crippen LogP contribution in [0.4, 0.5) is 5.69 Å². The molecule has 1 aromatic carbocycles. The number of β-amino-alcohol motifs (C(OH)–C–C–N with tert-alkyl or cyclic N) is 1. The summed E-state index contributed by atoms with van der Waals surface area (Å²) in [4.78, 5) is 21.9. The lowest BCUT2D eigenvalue weighted by Crippen LogP contribution is -2.35. The molecule has 21 heavy (non-hydrogen) atoms. The summed E-state index contributed by atoms with van der Waals surface area (Å²) in [5, 5.41) is 26.2. The van der Waals surface area contributed by atoms with Crippen LogP contribution in [0.25, 0.3) is 0 Å². The highest BCUT2D eigenvalue weighted by atomic mass is 35.5. The first-order chi connectivity index (χ1) is 9.97. The van der Waals surface area contributed by atoms with Gasteiger partial charge in [0, 0.05) is 37.7 Å². The van der Waals surface area contributed by atoms with Crippen LogP contribution < -0.4 is 10.6 Å². The summed E-state index contributed by atoms with van der Waals surface area (Å²) in [6.45, 7) is 1.59. The van der Waals surface area contributed by atoms with E-state index in [1.165, 1.54) is 18.2 Å². The van der Waals surface area contributed by atoms with Crippen LogP contribution in [0.5, 0.6) is 0 Å². The Labute approximate surface area is 126 Å². The van der Waals surface area contributed by atoms with Crippen LogP contribution in [0.1, 0.15) is 5.56 Å². The second-order valence-electron chi connectivity index (χ2n) is 5.00. The fraction of sp³-hybridized carbons (Fsp3) is 0.462. The van der Waals surface area contributed by atoms with E-state index in [1.54, 1.807) is 0 Å². The highest BCUT2D eigenvalue weighted by molar-refractivity contribution is 6.31. The zero-order valence-electron chi connectivity index (χ0n) is 11.2. The van der Waals surface area contributed by atoms with Gasteiger partial charge in [0.15, 0.2) is 0 Å². The number of benzene rings is 1. The standard InChI is InChI=1S/C13H16ClN3O4/c14-11-4-10(17(20)21)2-1-8(11)3-13(19)16-6-9-5-15-7-12(9)18/h1-2,4,9,12,15,18H,3,5-7H2,(H,16,19). The van der Waals surface area contributed by atoms with Crippen LogP contribution in [-0.4, -0.2) is 41.7 Å². The predicted molar refractivity (Wildman–Crippen MR) is 77.2 cm³/mol. The molecule has 0 aromatic heterocycles. The van der Waals surface area contributed by atoms with E-state index in [2.05, 4.69) is 10.6 Å². The summed E-state index contributed by atoms with van der Waals surface area (Å²) < 4.78 is 0. The smallest absolute Gasteiger partial charge is 0.270 e. The molecule has 2 rings (SSSR count). The summed E-state index contributed by atoms with van der Waals surface area (Å²) in [6, 6.07) is 4.03. The predicted octanol–water partition coefficient (Wildman–Crippen LogP) is 0.487. The summed E-state index contributed by atoms with van der Waals surface area (Å²) in [5.41, 5.74) is 0.425. The summed E-state index contributed by atoms with van der Waals surface area (Å²) >= 11 is 5.93. The number of rotatable bonds is 5. The minimum Gasteiger partial charge on any atom is -0.391 e. The lowest BCUT2D eigenvalue weighted by Gasteiger charge is -2.14. The van der Waals surface area contributed by atoms with E-state index in [4.69, 9.17) is 11.6 Å². The highest BCUT2D eigenvalue weighted by Crippen LogP contribution is 2.22. The molecule has 1 aliphatic heterocycles. The maximum absolute atomic E-state index is 11.8. The van der Waals surface area contributed by atoms with Crippen molar-refractivity contribution >= 4 is 23.2 Å². The number of aliphatic hydroxyl groups is 1. The van der Waals surface area contributed by atoms with Gasteiger partial charge in [0.1, 0.15) is 0 Å². The number of carbonyl (C=O) groups excluding carboxylic acids is 1. The first-order valence-corrected chi connectivity index (χ1v) is 6.93. The Morgan fingerprint density at radius 2 is 2.29 bits per heavy atom. The van der Waals surface area contributed by atoms with Crippen molar-refractivity contribution in [1.82, 2.24) is 10.6 Å². The van der Waals surface area contributed by atoms with E-state index in [0.29, 0.717) is 25.2 Å². The molecule has 114 valence electrons. The second-order valence-corrected chi connectivity index (χ2v) is 5.41. The number of halogens is 1. The average Bonchev–Trinajstić information content (AvgIpc) is 2.84. The van der Waals surface area contributed by atoms with E-state index in [9.17, 15) is 20.0 Å². The lowest BCUT2D eigenvalue weighted by atomic mass is 10.1. The van der Waals surface area contributed by atoms with Crippen LogP contribution in [0.15, 0.2) is 18.2 Å². The summed E-state index contributed by atoms with van der Waals surface area (Å²) in [6.07, 6.45) is -0.402. The fourth-order valence-electron chi connectivity index (χ4n) is 2.20. The number of aliphatic hydroxyl groups excluding tert-OH is 1. The molecule has 8 heteroatoms. The molecule has 0 bridgehead atoms. The molecule has 0 spiro atoms. The first-order valence-electron chi connectivity index (χ1n) is 6.55. The van der Waals surface area contributed by atoms with Crippen molar-refractivity contribution in [3.63, 3.8) is 0 Å². The Bertz CT molecular complexity index is 552. The molecule has 7 nitrogen and oxygen atoms in total. The zero-order valence-corrected chi connectivity index (χ0v) is 12.0. The summed E-state index contributed by atoms with van der Waals surface area (Å²) in [7, 11) is 0. The van der Waals surface area contributed by atoms with Gasteiger partial charge in [-0.3, -0.25) is 14.9 Å². The molecule has 3 N–H and O–H groups in total. The number of amides is 1. The Kier molecular flexibility index (Phi) is 5.11. The zero-order chi connectivity index (χ0) is 15.4. The van der Waals surface area contributed by atoms with E-state index in [-0.39, 0.29) is 29.0 Å². The van der Waals surface area contributed by atoms with Gasteiger partial charge in [-0.05, 0) is 5.56 Å². The van der Waals surface area contributed by atoms with Gasteiger partial charge in [-0.25, -0.2) is 0 Å². The van der Waals surface area contributed by atoms with Crippen molar-refractivity contribution < 1.29 is 14.8 Å². The third-order valence-corrected chi connectivity index (χ3v) is 3.82. The number of nitrogens with zero attached hydrogens (tertiary/aromatic N) is 1. The molecule has 0 aliphatic carbocycles. The van der Waals surface area contributed by atoms with Gasteiger partial charge in [-0.15, -0.1) is 0 Å². The third kappa shape index (κ3) is 4.13. The first kappa shape index (κ1) is 15.7. The van der Waals surface area contributed by atoms with Gasteiger partial charge in [0.05, 0.1) is 22.5 Å². The normalized spacial score (nSPS) is 21.2. The van der Waals surface area contributed by atoms with Crippen LogP contribution in [0, 0.1) is 16.0 Å². The van der Waals surface area contributed by atoms with Gasteiger partial charge >= 0.3 is 0 Å². The number of nitro groups is 1. The topological polar surface area (TPSA) is 104 Å². The van der Waals surface area contributed by atoms with Crippen molar-refractivity contribution in [2.45, 2.75) is 12.5 Å². The van der Waals surface area contributed by atoms with Crippen molar-refractivity contribution in [2.75, 3.05) is 19.6 Å². The van der Waals surface area contributed by atoms with E-state index in [1.807, 2.05) is 0 Å². The Morgan fingerprint density at radius 3 is 2.86 bits per heavy atom. The SMILES string of the molecule is O=C(Cc1ccc([N+](=O)[O-])cc1Cl)NCC1CNCC1O. The van der Waals surface area contributed by atoms with Crippen LogP contribution >= 0.6 is 11.6 Å². The van der Waals surface area contributed by atoms with Gasteiger partial charge in [0.25, 0.3) is 5.69 Å². The monoisotopic (exact) mass is 313 g/mol. The third-order valence-electron chi connectivity index (χ3n) is 3.46. The number of nitrogens with one attached hydrogen (secondary N) is 2. The lowest BCUT2D eigenvalue weighted by molar-refractivity contribution is -0.384. The highest BCUT2D eigenvalue weighted by Gasteiger charge is 2.25. The molecule has 1 amide bonds. The van der Waals surface area contributed by atoms with Crippen LogP contribution in [0.3, 0.4) is 0 Å². The Balaban J connectivity index is 1.89. The quantitative estimate of drug-likeness (QED) is 0.542. The summed E-state index contributed by atoms with van der Waals surface area (Å²) in [5.74, 6) is -0.230. The number of carbonyl (C=O) groups is 1.